The Hall–Kier alpha value is -0.930. The van der Waals surface area contributed by atoms with E-state index < -0.39 is 0 Å². The average molecular weight is 276 g/mol. The molecule has 3 nitrogen and oxygen atoms in total. The molecule has 0 radical (unpaired) electrons. The van der Waals surface area contributed by atoms with Gasteiger partial charge in [0.2, 0.25) is 0 Å². The first-order chi connectivity index (χ1) is 9.65. The van der Waals surface area contributed by atoms with Crippen molar-refractivity contribution in [2.75, 3.05) is 39.3 Å². The highest BCUT2D eigenvalue weighted by molar-refractivity contribution is 5.80. The van der Waals surface area contributed by atoms with Gasteiger partial charge in [-0.2, -0.15) is 0 Å². The molecule has 20 heavy (non-hydrogen) atoms. The second-order valence-corrected chi connectivity index (χ2v) is 6.32. The monoisotopic (exact) mass is 276 g/mol. The van der Waals surface area contributed by atoms with E-state index in [9.17, 15) is 4.79 Å². The topological polar surface area (TPSA) is 23.6 Å². The van der Waals surface area contributed by atoms with Crippen molar-refractivity contribution >= 4 is 5.78 Å². The van der Waals surface area contributed by atoms with Crippen molar-refractivity contribution in [3.8, 4) is 0 Å². The summed E-state index contributed by atoms with van der Waals surface area (Å²) in [5, 5.41) is 0. The molecular weight excluding hydrogens is 248 g/mol. The molecule has 1 aliphatic carbocycles. The molecule has 1 aliphatic heterocycles. The fourth-order valence-corrected chi connectivity index (χ4v) is 2.85. The van der Waals surface area contributed by atoms with E-state index in [1.165, 1.54) is 13.0 Å². The molecule has 0 aromatic heterocycles. The summed E-state index contributed by atoms with van der Waals surface area (Å²) in [6, 6.07) is 0. The highest BCUT2D eigenvalue weighted by atomic mass is 16.1. The summed E-state index contributed by atoms with van der Waals surface area (Å²) in [7, 11) is 0. The lowest BCUT2D eigenvalue weighted by Gasteiger charge is -2.36. The Kier molecular flexibility index (Phi) is 5.99. The maximum Gasteiger partial charge on any atom is 0.136 e. The zero-order valence-electron chi connectivity index (χ0n) is 12.9. The van der Waals surface area contributed by atoms with Crippen LogP contribution < -0.4 is 0 Å². The lowest BCUT2D eigenvalue weighted by Crippen LogP contribution is -2.48. The molecule has 2 aliphatic rings. The van der Waals surface area contributed by atoms with Gasteiger partial charge in [-0.25, -0.2) is 0 Å². The van der Waals surface area contributed by atoms with Crippen molar-refractivity contribution < 1.29 is 4.79 Å². The van der Waals surface area contributed by atoms with E-state index in [4.69, 9.17) is 0 Å². The van der Waals surface area contributed by atoms with Crippen molar-refractivity contribution in [3.63, 3.8) is 0 Å². The highest BCUT2D eigenvalue weighted by Gasteiger charge is 2.19. The van der Waals surface area contributed by atoms with Gasteiger partial charge in [0.25, 0.3) is 0 Å². The van der Waals surface area contributed by atoms with Gasteiger partial charge >= 0.3 is 0 Å². The number of Topliss-reactive ketones (excluding diaryl/α,β-unsaturated/α-hetero) is 1. The van der Waals surface area contributed by atoms with Gasteiger partial charge in [-0.05, 0) is 12.3 Å². The lowest BCUT2D eigenvalue weighted by atomic mass is 10.00. The van der Waals surface area contributed by atoms with Crippen LogP contribution in [0.2, 0.25) is 0 Å². The first-order valence-electron chi connectivity index (χ1n) is 7.96. The van der Waals surface area contributed by atoms with E-state index >= 15 is 0 Å². The number of hydrogen-bond donors (Lipinski definition) is 0. The normalized spacial score (nSPS) is 24.4. The number of nitrogens with zero attached hydrogens (tertiary/aromatic N) is 2. The van der Waals surface area contributed by atoms with Gasteiger partial charge in [0.15, 0.2) is 0 Å². The van der Waals surface area contributed by atoms with Gasteiger partial charge in [-0.3, -0.25) is 4.79 Å². The van der Waals surface area contributed by atoms with Crippen molar-refractivity contribution in [1.82, 2.24) is 9.80 Å². The van der Waals surface area contributed by atoms with E-state index in [0.717, 1.165) is 32.7 Å². The van der Waals surface area contributed by atoms with Crippen molar-refractivity contribution in [2.45, 2.75) is 26.7 Å². The fraction of sp³-hybridized carbons (Fsp3) is 0.706. The first-order valence-corrected chi connectivity index (χ1v) is 7.96. The van der Waals surface area contributed by atoms with Crippen LogP contribution in [0.5, 0.6) is 0 Å². The molecule has 2 rings (SSSR count). The molecule has 3 heteroatoms. The molecule has 1 saturated heterocycles. The van der Waals surface area contributed by atoms with Gasteiger partial charge in [-0.15, -0.1) is 0 Å². The minimum absolute atomic E-state index is 0.183. The Morgan fingerprint density at radius 1 is 1.15 bits per heavy atom. The number of piperazine rings is 1. The Labute approximate surface area is 123 Å². The zero-order chi connectivity index (χ0) is 14.4. The maximum absolute atomic E-state index is 11.7. The summed E-state index contributed by atoms with van der Waals surface area (Å²) in [4.78, 5) is 16.7. The Morgan fingerprint density at radius 2 is 1.85 bits per heavy atom. The lowest BCUT2D eigenvalue weighted by molar-refractivity contribution is -0.122. The largest absolute Gasteiger partial charge is 0.300 e. The van der Waals surface area contributed by atoms with Gasteiger partial charge in [0.05, 0.1) is 0 Å². The van der Waals surface area contributed by atoms with E-state index in [1.807, 2.05) is 13.8 Å². The molecule has 0 aromatic carbocycles. The van der Waals surface area contributed by atoms with Gasteiger partial charge in [0.1, 0.15) is 5.78 Å². The fourth-order valence-electron chi connectivity index (χ4n) is 2.85. The number of rotatable bonds is 6. The molecule has 0 bridgehead atoms. The average Bonchev–Trinajstić information content (AvgIpc) is 2.47. The van der Waals surface area contributed by atoms with Gasteiger partial charge in [0, 0.05) is 51.6 Å². The van der Waals surface area contributed by atoms with Crippen LogP contribution >= 0.6 is 0 Å². The van der Waals surface area contributed by atoms with Crippen molar-refractivity contribution in [3.05, 3.63) is 24.3 Å². The van der Waals surface area contributed by atoms with E-state index in [2.05, 4.69) is 34.1 Å². The number of allylic oxidation sites excluding steroid dienone is 3. The quantitative estimate of drug-likeness (QED) is 0.744. The Bertz CT molecular complexity index is 365. The van der Waals surface area contributed by atoms with Crippen LogP contribution in [-0.2, 0) is 4.79 Å². The second-order valence-electron chi connectivity index (χ2n) is 6.32. The van der Waals surface area contributed by atoms with Crippen molar-refractivity contribution in [2.24, 2.45) is 11.8 Å². The molecule has 1 atom stereocenters. The standard InChI is InChI=1S/C17H28N2O/c1-15(2)17(20)8-9-18-10-12-19(13-11-18)14-16-6-4-3-5-7-16/h3-6,15-16H,7-14H2,1-2H3. The Balaban J connectivity index is 1.63. The number of carbonyl (C=O) groups excluding carboxylic acids is 1. The first kappa shape index (κ1) is 15.5. The maximum atomic E-state index is 11.7. The highest BCUT2D eigenvalue weighted by Crippen LogP contribution is 2.14. The summed E-state index contributed by atoms with van der Waals surface area (Å²) in [6.07, 6.45) is 10.8. The predicted molar refractivity (Wildman–Crippen MR) is 83.7 cm³/mol. The predicted octanol–water partition coefficient (Wildman–Crippen LogP) is 2.35. The molecule has 1 heterocycles. The van der Waals surface area contributed by atoms with Crippen molar-refractivity contribution in [1.29, 1.82) is 0 Å². The van der Waals surface area contributed by atoms with Gasteiger partial charge < -0.3 is 9.80 Å². The summed E-state index contributed by atoms with van der Waals surface area (Å²) >= 11 is 0. The van der Waals surface area contributed by atoms with Crippen LogP contribution in [0.4, 0.5) is 0 Å². The molecule has 112 valence electrons. The number of ketones is 1. The molecule has 0 aromatic rings. The third-order valence-electron chi connectivity index (χ3n) is 4.35. The van der Waals surface area contributed by atoms with Crippen LogP contribution in [0.3, 0.4) is 0 Å². The van der Waals surface area contributed by atoms with Crippen LogP contribution in [0.1, 0.15) is 26.7 Å². The minimum atomic E-state index is 0.183. The SMILES string of the molecule is CC(C)C(=O)CCN1CCN(CC2C=CC=CC2)CC1. The summed E-state index contributed by atoms with van der Waals surface area (Å²) in [5.74, 6) is 1.27. The van der Waals surface area contributed by atoms with Crippen LogP contribution in [0.15, 0.2) is 24.3 Å². The minimum Gasteiger partial charge on any atom is -0.300 e. The Morgan fingerprint density at radius 3 is 2.45 bits per heavy atom. The van der Waals surface area contributed by atoms with Gasteiger partial charge in [-0.1, -0.05) is 38.2 Å². The number of hydrogen-bond acceptors (Lipinski definition) is 3. The summed E-state index contributed by atoms with van der Waals surface area (Å²) in [6.45, 7) is 10.6. The molecule has 0 amide bonds. The zero-order valence-corrected chi connectivity index (χ0v) is 12.9. The van der Waals surface area contributed by atoms with E-state index in [0.29, 0.717) is 18.1 Å². The molecule has 1 unspecified atom stereocenters. The van der Waals surface area contributed by atoms with E-state index in [1.54, 1.807) is 0 Å². The van der Waals surface area contributed by atoms with Crippen LogP contribution in [0.25, 0.3) is 0 Å². The van der Waals surface area contributed by atoms with Crippen LogP contribution in [0, 0.1) is 11.8 Å². The second kappa shape index (κ2) is 7.75. The molecule has 0 saturated carbocycles. The van der Waals surface area contributed by atoms with Crippen LogP contribution in [-0.4, -0.2) is 54.9 Å². The summed E-state index contributed by atoms with van der Waals surface area (Å²) in [5.41, 5.74) is 0. The third-order valence-corrected chi connectivity index (χ3v) is 4.35. The molecule has 1 fully saturated rings. The summed E-state index contributed by atoms with van der Waals surface area (Å²) < 4.78 is 0. The molecular formula is C17H28N2O. The third kappa shape index (κ3) is 4.88. The van der Waals surface area contributed by atoms with E-state index in [-0.39, 0.29) is 5.92 Å². The molecule has 0 spiro atoms. The number of carbonyl (C=O) groups is 1. The smallest absolute Gasteiger partial charge is 0.136 e. The molecule has 0 N–H and O–H groups in total.